The van der Waals surface area contributed by atoms with Crippen molar-refractivity contribution < 1.29 is 4.79 Å². The number of hydrogen-bond acceptors (Lipinski definition) is 2. The van der Waals surface area contributed by atoms with Gasteiger partial charge in [0.2, 0.25) is 5.91 Å². The molecule has 1 aliphatic heterocycles. The van der Waals surface area contributed by atoms with Crippen LogP contribution in [-0.2, 0) is 4.79 Å². The van der Waals surface area contributed by atoms with Gasteiger partial charge in [-0.15, -0.1) is 0 Å². The number of amides is 1. The van der Waals surface area contributed by atoms with Crippen LogP contribution in [-0.4, -0.2) is 5.91 Å². The molecule has 1 saturated carbocycles. The summed E-state index contributed by atoms with van der Waals surface area (Å²) in [6.45, 7) is 0. The first-order valence-corrected chi connectivity index (χ1v) is 4.84. The van der Waals surface area contributed by atoms with Crippen molar-refractivity contribution in [2.24, 2.45) is 11.7 Å². The van der Waals surface area contributed by atoms with Gasteiger partial charge >= 0.3 is 0 Å². The Bertz CT molecular complexity index is 248. The van der Waals surface area contributed by atoms with Crippen LogP contribution in [0.4, 0.5) is 0 Å². The topological polar surface area (TPSA) is 55.1 Å². The molecule has 0 spiro atoms. The van der Waals surface area contributed by atoms with E-state index >= 15 is 0 Å². The minimum atomic E-state index is -0.119. The van der Waals surface area contributed by atoms with Crippen molar-refractivity contribution in [2.75, 3.05) is 0 Å². The fourth-order valence-electron chi connectivity index (χ4n) is 1.10. The maximum Gasteiger partial charge on any atom is 0.220 e. The third-order valence-electron chi connectivity index (χ3n) is 2.23. The van der Waals surface area contributed by atoms with E-state index in [1.165, 1.54) is 6.42 Å². The summed E-state index contributed by atoms with van der Waals surface area (Å²) in [5, 5.41) is 2.92. The zero-order valence-corrected chi connectivity index (χ0v) is 8.15. The summed E-state index contributed by atoms with van der Waals surface area (Å²) in [7, 11) is 0. The van der Waals surface area contributed by atoms with Crippen LogP contribution in [0.15, 0.2) is 36.7 Å². The number of rotatable bonds is 1. The highest BCUT2D eigenvalue weighted by Crippen LogP contribution is 2.25. The average molecular weight is 192 g/mol. The smallest absolute Gasteiger partial charge is 0.220 e. The van der Waals surface area contributed by atoms with E-state index in [0.717, 1.165) is 12.8 Å². The molecule has 1 fully saturated rings. The Balaban J connectivity index is 0.000000140. The first kappa shape index (κ1) is 10.6. The Hall–Kier alpha value is -1.51. The Morgan fingerprint density at radius 2 is 1.71 bits per heavy atom. The van der Waals surface area contributed by atoms with Crippen LogP contribution in [0.2, 0.25) is 0 Å². The molecule has 0 radical (unpaired) electrons. The van der Waals surface area contributed by atoms with Gasteiger partial charge in [-0.2, -0.15) is 0 Å². The summed E-state index contributed by atoms with van der Waals surface area (Å²) in [6, 6.07) is 0. The number of allylic oxidation sites excluding steroid dienone is 4. The first-order chi connectivity index (χ1) is 6.80. The molecule has 0 aromatic carbocycles. The average Bonchev–Trinajstić information content (AvgIpc) is 2.30. The molecule has 0 saturated heterocycles. The van der Waals surface area contributed by atoms with Crippen LogP contribution in [0.25, 0.3) is 0 Å². The van der Waals surface area contributed by atoms with E-state index in [1.54, 1.807) is 0 Å². The molecular formula is C11H16N2O. The molecule has 2 rings (SSSR count). The van der Waals surface area contributed by atoms with E-state index in [4.69, 9.17) is 5.73 Å². The SMILES string of the molecule is C1=CC=CNC=C1.NC(=O)C1CCC1. The zero-order chi connectivity index (χ0) is 10.2. The molecule has 3 N–H and O–H groups in total. The van der Waals surface area contributed by atoms with Gasteiger partial charge in [0.15, 0.2) is 0 Å². The lowest BCUT2D eigenvalue weighted by Crippen LogP contribution is -2.28. The van der Waals surface area contributed by atoms with Gasteiger partial charge in [0.25, 0.3) is 0 Å². The lowest BCUT2D eigenvalue weighted by molar-refractivity contribution is -0.124. The van der Waals surface area contributed by atoms with Crippen LogP contribution < -0.4 is 11.1 Å². The number of carbonyl (C=O) groups is 1. The van der Waals surface area contributed by atoms with Crippen molar-refractivity contribution in [3.05, 3.63) is 36.7 Å². The number of nitrogens with two attached hydrogens (primary N) is 1. The predicted octanol–water partition coefficient (Wildman–Crippen LogP) is 1.45. The van der Waals surface area contributed by atoms with Crippen LogP contribution in [0, 0.1) is 5.92 Å². The Morgan fingerprint density at radius 1 is 1.14 bits per heavy atom. The lowest BCUT2D eigenvalue weighted by Gasteiger charge is -2.20. The van der Waals surface area contributed by atoms with Crippen molar-refractivity contribution in [1.29, 1.82) is 0 Å². The molecule has 2 aliphatic rings. The van der Waals surface area contributed by atoms with E-state index in [9.17, 15) is 4.79 Å². The van der Waals surface area contributed by atoms with Crippen LogP contribution in [0.3, 0.4) is 0 Å². The van der Waals surface area contributed by atoms with E-state index in [0.29, 0.717) is 0 Å². The second-order valence-corrected chi connectivity index (χ2v) is 3.30. The molecule has 0 aromatic heterocycles. The molecule has 0 aromatic rings. The highest BCUT2D eigenvalue weighted by atomic mass is 16.1. The Morgan fingerprint density at radius 3 is 2.00 bits per heavy atom. The van der Waals surface area contributed by atoms with Gasteiger partial charge in [-0.05, 0) is 25.0 Å². The summed E-state index contributed by atoms with van der Waals surface area (Å²) in [6.07, 6.45) is 14.8. The molecule has 76 valence electrons. The molecule has 0 bridgehead atoms. The predicted molar refractivity (Wildman–Crippen MR) is 57.1 cm³/mol. The maximum absolute atomic E-state index is 10.2. The maximum atomic E-state index is 10.2. The van der Waals surface area contributed by atoms with E-state index in [1.807, 2.05) is 36.7 Å². The lowest BCUT2D eigenvalue weighted by atomic mass is 9.85. The first-order valence-electron chi connectivity index (χ1n) is 4.84. The fourth-order valence-corrected chi connectivity index (χ4v) is 1.10. The number of nitrogens with one attached hydrogen (secondary N) is 1. The second kappa shape index (κ2) is 6.02. The van der Waals surface area contributed by atoms with Gasteiger partial charge < -0.3 is 11.1 Å². The third-order valence-corrected chi connectivity index (χ3v) is 2.23. The van der Waals surface area contributed by atoms with Crippen molar-refractivity contribution in [2.45, 2.75) is 19.3 Å². The molecule has 1 aliphatic carbocycles. The highest BCUT2D eigenvalue weighted by molar-refractivity contribution is 5.77. The second-order valence-electron chi connectivity index (χ2n) is 3.30. The van der Waals surface area contributed by atoms with E-state index in [-0.39, 0.29) is 11.8 Å². The molecule has 3 heteroatoms. The Kier molecular flexibility index (Phi) is 4.55. The molecule has 0 unspecified atom stereocenters. The third kappa shape index (κ3) is 3.94. The summed E-state index contributed by atoms with van der Waals surface area (Å²) >= 11 is 0. The number of carbonyl (C=O) groups excluding carboxylic acids is 1. The van der Waals surface area contributed by atoms with Gasteiger partial charge in [-0.3, -0.25) is 4.79 Å². The molecular weight excluding hydrogens is 176 g/mol. The molecule has 0 atom stereocenters. The molecule has 1 amide bonds. The van der Waals surface area contributed by atoms with Crippen LogP contribution >= 0.6 is 0 Å². The zero-order valence-electron chi connectivity index (χ0n) is 8.15. The molecule has 14 heavy (non-hydrogen) atoms. The summed E-state index contributed by atoms with van der Waals surface area (Å²) in [5.41, 5.74) is 4.96. The van der Waals surface area contributed by atoms with Gasteiger partial charge in [-0.1, -0.05) is 18.6 Å². The normalized spacial score (nSPS) is 18.6. The van der Waals surface area contributed by atoms with Crippen molar-refractivity contribution in [3.8, 4) is 0 Å². The summed E-state index contributed by atoms with van der Waals surface area (Å²) in [4.78, 5) is 10.2. The van der Waals surface area contributed by atoms with Gasteiger partial charge in [0, 0.05) is 18.3 Å². The van der Waals surface area contributed by atoms with Crippen LogP contribution in [0.1, 0.15) is 19.3 Å². The Labute approximate surface area is 84.4 Å². The van der Waals surface area contributed by atoms with Crippen molar-refractivity contribution in [3.63, 3.8) is 0 Å². The van der Waals surface area contributed by atoms with Crippen molar-refractivity contribution >= 4 is 5.91 Å². The van der Waals surface area contributed by atoms with Crippen LogP contribution in [0.5, 0.6) is 0 Å². The molecule has 1 heterocycles. The number of primary amides is 1. The monoisotopic (exact) mass is 192 g/mol. The summed E-state index contributed by atoms with van der Waals surface area (Å²) in [5.74, 6) is 0.103. The quantitative estimate of drug-likeness (QED) is 0.660. The molecule has 3 nitrogen and oxygen atoms in total. The largest absolute Gasteiger partial charge is 0.369 e. The standard InChI is InChI=1S/C6H7N.C5H9NO/c1-2-4-6-7-5-3-1;6-5(7)4-2-1-3-4/h1-7H;4H,1-3H2,(H2,6,7). The van der Waals surface area contributed by atoms with Gasteiger partial charge in [0.1, 0.15) is 0 Å². The van der Waals surface area contributed by atoms with Gasteiger partial charge in [-0.25, -0.2) is 0 Å². The van der Waals surface area contributed by atoms with Crippen molar-refractivity contribution in [1.82, 2.24) is 5.32 Å². The van der Waals surface area contributed by atoms with Gasteiger partial charge in [0.05, 0.1) is 0 Å². The highest BCUT2D eigenvalue weighted by Gasteiger charge is 2.21. The minimum Gasteiger partial charge on any atom is -0.369 e. The van der Waals surface area contributed by atoms with E-state index in [2.05, 4.69) is 5.32 Å². The minimum absolute atomic E-state index is 0.119. The van der Waals surface area contributed by atoms with E-state index < -0.39 is 0 Å². The number of hydrogen-bond donors (Lipinski definition) is 2. The summed E-state index contributed by atoms with van der Waals surface area (Å²) < 4.78 is 0. The fraction of sp³-hybridized carbons (Fsp3) is 0.364.